The van der Waals surface area contributed by atoms with Gasteiger partial charge in [0.2, 0.25) is 10.0 Å². The fraction of sp³-hybridized carbons (Fsp3) is 0.300. The lowest BCUT2D eigenvalue weighted by Crippen LogP contribution is -2.31. The highest BCUT2D eigenvalue weighted by atomic mass is 32.2. The van der Waals surface area contributed by atoms with Gasteiger partial charge in [-0.25, -0.2) is 8.42 Å². The minimum atomic E-state index is -3.94. The Kier molecular flexibility index (Phi) is 4.00. The van der Waals surface area contributed by atoms with Gasteiger partial charge in [0.05, 0.1) is 15.9 Å². The van der Waals surface area contributed by atoms with Crippen molar-refractivity contribution in [2.24, 2.45) is 0 Å². The summed E-state index contributed by atoms with van der Waals surface area (Å²) in [5.74, 6) is 0. The first kappa shape index (κ1) is 14.1. The largest absolute Gasteiger partial charge is 0.273 e. The number of benzene rings is 1. The van der Waals surface area contributed by atoms with E-state index in [0.717, 1.165) is 0 Å². The van der Waals surface area contributed by atoms with Gasteiger partial charge in [0.1, 0.15) is 6.04 Å². The van der Waals surface area contributed by atoms with Crippen molar-refractivity contribution >= 4 is 15.7 Å². The van der Waals surface area contributed by atoms with Crippen LogP contribution in [0.25, 0.3) is 0 Å². The van der Waals surface area contributed by atoms with Crippen molar-refractivity contribution in [3.63, 3.8) is 0 Å². The topological polar surface area (TPSA) is 113 Å². The van der Waals surface area contributed by atoms with Gasteiger partial charge in [0.15, 0.2) is 0 Å². The van der Waals surface area contributed by atoms with E-state index in [2.05, 4.69) is 4.72 Å². The molecule has 96 valence electrons. The predicted molar refractivity (Wildman–Crippen MR) is 63.2 cm³/mol. The Labute approximate surface area is 104 Å². The van der Waals surface area contributed by atoms with E-state index in [0.29, 0.717) is 0 Å². The van der Waals surface area contributed by atoms with Gasteiger partial charge in [0.25, 0.3) is 5.69 Å². The normalized spacial score (nSPS) is 12.7. The molecule has 0 amide bonds. The molecule has 1 aromatic carbocycles. The Bertz CT molecular complexity index is 619. The molecule has 1 atom stereocenters. The maximum Gasteiger partial charge on any atom is 0.273 e. The number of nitro benzene ring substituents is 1. The molecule has 0 spiro atoms. The first-order valence-corrected chi connectivity index (χ1v) is 6.44. The van der Waals surface area contributed by atoms with Crippen LogP contribution in [0.3, 0.4) is 0 Å². The van der Waals surface area contributed by atoms with Crippen molar-refractivity contribution in [3.05, 3.63) is 33.9 Å². The van der Waals surface area contributed by atoms with Crippen molar-refractivity contribution in [1.29, 1.82) is 5.26 Å². The highest BCUT2D eigenvalue weighted by molar-refractivity contribution is 7.89. The molecule has 0 heterocycles. The van der Waals surface area contributed by atoms with Gasteiger partial charge in [0, 0.05) is 11.6 Å². The number of hydrogen-bond donors (Lipinski definition) is 1. The third-order valence-electron chi connectivity index (χ3n) is 2.27. The summed E-state index contributed by atoms with van der Waals surface area (Å²) in [7, 11) is -3.94. The molecular formula is C10H11N3O4S. The molecule has 0 saturated carbocycles. The maximum atomic E-state index is 11.9. The van der Waals surface area contributed by atoms with Crippen molar-refractivity contribution in [2.45, 2.75) is 24.8 Å². The summed E-state index contributed by atoms with van der Waals surface area (Å²) in [5, 5.41) is 19.3. The zero-order chi connectivity index (χ0) is 13.9. The van der Waals surface area contributed by atoms with E-state index in [1.165, 1.54) is 32.0 Å². The number of rotatable bonds is 4. The molecule has 8 heteroatoms. The molecule has 0 aromatic heterocycles. The van der Waals surface area contributed by atoms with Crippen LogP contribution in [0.5, 0.6) is 0 Å². The molecule has 1 rings (SSSR count). The number of nitrogens with zero attached hydrogens (tertiary/aromatic N) is 2. The third kappa shape index (κ3) is 2.82. The molecule has 0 aliphatic heterocycles. The molecule has 0 aliphatic carbocycles. The fourth-order valence-electron chi connectivity index (χ4n) is 1.41. The number of nitro groups is 1. The lowest BCUT2D eigenvalue weighted by Gasteiger charge is -2.10. The van der Waals surface area contributed by atoms with Crippen LogP contribution in [-0.4, -0.2) is 19.4 Å². The molecule has 18 heavy (non-hydrogen) atoms. The lowest BCUT2D eigenvalue weighted by atomic mass is 10.2. The molecule has 1 unspecified atom stereocenters. The van der Waals surface area contributed by atoms with Crippen molar-refractivity contribution in [3.8, 4) is 6.07 Å². The first-order valence-electron chi connectivity index (χ1n) is 4.95. The second-order valence-corrected chi connectivity index (χ2v) is 5.31. The summed E-state index contributed by atoms with van der Waals surface area (Å²) < 4.78 is 25.9. The van der Waals surface area contributed by atoms with Crippen molar-refractivity contribution < 1.29 is 13.3 Å². The Hall–Kier alpha value is -1.98. The minimum Gasteiger partial charge on any atom is -0.258 e. The van der Waals surface area contributed by atoms with E-state index >= 15 is 0 Å². The molecule has 1 aromatic rings. The lowest BCUT2D eigenvalue weighted by molar-refractivity contribution is -0.385. The Balaban J connectivity index is 3.31. The van der Waals surface area contributed by atoms with Crippen molar-refractivity contribution in [2.75, 3.05) is 0 Å². The molecule has 1 N–H and O–H groups in total. The summed E-state index contributed by atoms with van der Waals surface area (Å²) in [4.78, 5) is 9.87. The van der Waals surface area contributed by atoms with Crippen LogP contribution in [0.15, 0.2) is 23.1 Å². The third-order valence-corrected chi connectivity index (χ3v) is 3.95. The average Bonchev–Trinajstić information content (AvgIpc) is 2.27. The van der Waals surface area contributed by atoms with Gasteiger partial charge in [-0.3, -0.25) is 10.1 Å². The van der Waals surface area contributed by atoms with Crippen LogP contribution in [-0.2, 0) is 10.0 Å². The van der Waals surface area contributed by atoms with Gasteiger partial charge < -0.3 is 0 Å². The van der Waals surface area contributed by atoms with E-state index in [1.807, 2.05) is 0 Å². The SMILES string of the molecule is Cc1c([N+](=O)[O-])cccc1S(=O)(=O)NC(C)C#N. The van der Waals surface area contributed by atoms with Crippen LogP contribution in [0.2, 0.25) is 0 Å². The second-order valence-electron chi connectivity index (χ2n) is 3.63. The van der Waals surface area contributed by atoms with Gasteiger partial charge in [-0.15, -0.1) is 0 Å². The summed E-state index contributed by atoms with van der Waals surface area (Å²) in [5.41, 5.74) is -0.234. The Morgan fingerprint density at radius 2 is 2.11 bits per heavy atom. The van der Waals surface area contributed by atoms with Crippen LogP contribution in [0.4, 0.5) is 5.69 Å². The smallest absolute Gasteiger partial charge is 0.258 e. The predicted octanol–water partition coefficient (Wildman–Crippen LogP) is 1.09. The summed E-state index contributed by atoms with van der Waals surface area (Å²) in [6.45, 7) is 2.73. The Morgan fingerprint density at radius 1 is 1.50 bits per heavy atom. The average molecular weight is 269 g/mol. The number of nitriles is 1. The van der Waals surface area contributed by atoms with Crippen LogP contribution in [0.1, 0.15) is 12.5 Å². The van der Waals surface area contributed by atoms with Gasteiger partial charge in [-0.05, 0) is 19.9 Å². The summed E-state index contributed by atoms with van der Waals surface area (Å²) >= 11 is 0. The first-order chi connectivity index (χ1) is 8.29. The van der Waals surface area contributed by atoms with E-state index in [9.17, 15) is 18.5 Å². The quantitative estimate of drug-likeness (QED) is 0.649. The molecular weight excluding hydrogens is 258 g/mol. The zero-order valence-corrected chi connectivity index (χ0v) is 10.6. The van der Waals surface area contributed by atoms with Gasteiger partial charge in [-0.2, -0.15) is 9.98 Å². The zero-order valence-electron chi connectivity index (χ0n) is 9.75. The highest BCUT2D eigenvalue weighted by Gasteiger charge is 2.24. The maximum absolute atomic E-state index is 11.9. The number of hydrogen-bond acceptors (Lipinski definition) is 5. The molecule has 0 aliphatic rings. The van der Waals surface area contributed by atoms with Crippen LogP contribution in [0, 0.1) is 28.4 Å². The summed E-state index contributed by atoms with van der Waals surface area (Å²) in [6.07, 6.45) is 0. The van der Waals surface area contributed by atoms with E-state index in [4.69, 9.17) is 5.26 Å². The van der Waals surface area contributed by atoms with E-state index in [1.54, 1.807) is 6.07 Å². The second kappa shape index (κ2) is 5.12. The Morgan fingerprint density at radius 3 is 2.61 bits per heavy atom. The summed E-state index contributed by atoms with van der Waals surface area (Å²) in [6, 6.07) is 4.59. The molecule has 0 fully saturated rings. The highest BCUT2D eigenvalue weighted by Crippen LogP contribution is 2.24. The fourth-order valence-corrected chi connectivity index (χ4v) is 2.82. The van der Waals surface area contributed by atoms with Crippen LogP contribution >= 0.6 is 0 Å². The molecule has 7 nitrogen and oxygen atoms in total. The van der Waals surface area contributed by atoms with Gasteiger partial charge >= 0.3 is 0 Å². The van der Waals surface area contributed by atoms with Gasteiger partial charge in [-0.1, -0.05) is 6.07 Å². The molecule has 0 radical (unpaired) electrons. The standard InChI is InChI=1S/C10H11N3O4S/c1-7(6-11)12-18(16,17)10-5-3-4-9(8(10)2)13(14)15/h3-5,7,12H,1-2H3. The van der Waals surface area contributed by atoms with E-state index in [-0.39, 0.29) is 16.1 Å². The van der Waals surface area contributed by atoms with Crippen LogP contribution < -0.4 is 4.72 Å². The number of nitrogens with one attached hydrogen (secondary N) is 1. The minimum absolute atomic E-state index is 0.0418. The van der Waals surface area contributed by atoms with Crippen molar-refractivity contribution in [1.82, 2.24) is 4.72 Å². The molecule has 0 bridgehead atoms. The number of sulfonamides is 1. The molecule has 0 saturated heterocycles. The van der Waals surface area contributed by atoms with E-state index < -0.39 is 21.0 Å². The monoisotopic (exact) mass is 269 g/mol.